The van der Waals surface area contributed by atoms with E-state index >= 15 is 0 Å². The molecule has 0 saturated carbocycles. The number of carboxylic acid groups (broad SMARTS) is 1. The topological polar surface area (TPSA) is 66.4 Å². The van der Waals surface area contributed by atoms with Crippen molar-refractivity contribution in [3.8, 4) is 0 Å². The largest absolute Gasteiger partial charge is 0.480 e. The third-order valence-corrected chi connectivity index (χ3v) is 4.76. The van der Waals surface area contributed by atoms with Crippen molar-refractivity contribution in [1.82, 2.24) is 5.32 Å². The predicted octanol–water partition coefficient (Wildman–Crippen LogP) is 5.84. The van der Waals surface area contributed by atoms with Gasteiger partial charge in [0.25, 0.3) is 0 Å². The number of carbonyl (C=O) groups excluding carboxylic acids is 1. The smallest absolute Gasteiger partial charge is 0.325 e. The molecule has 4 heteroatoms. The summed E-state index contributed by atoms with van der Waals surface area (Å²) in [5, 5.41) is 11.2. The lowest BCUT2D eigenvalue weighted by molar-refractivity contribution is -0.141. The van der Waals surface area contributed by atoms with Crippen LogP contribution in [0.15, 0.2) is 0 Å². The Labute approximate surface area is 155 Å². The molecular weight excluding hydrogens is 314 g/mol. The Kier molecular flexibility index (Phi) is 17.0. The van der Waals surface area contributed by atoms with Crippen molar-refractivity contribution < 1.29 is 14.7 Å². The monoisotopic (exact) mass is 355 g/mol. The Balaban J connectivity index is 3.19. The van der Waals surface area contributed by atoms with Gasteiger partial charge in [0, 0.05) is 6.42 Å². The summed E-state index contributed by atoms with van der Waals surface area (Å²) >= 11 is 0. The van der Waals surface area contributed by atoms with Crippen molar-refractivity contribution in [3.05, 3.63) is 0 Å². The van der Waals surface area contributed by atoms with E-state index < -0.39 is 12.0 Å². The minimum Gasteiger partial charge on any atom is -0.480 e. The molecular formula is C21H41NO3. The normalized spacial score (nSPS) is 12.1. The summed E-state index contributed by atoms with van der Waals surface area (Å²) < 4.78 is 0. The fourth-order valence-corrected chi connectivity index (χ4v) is 3.03. The predicted molar refractivity (Wildman–Crippen MR) is 105 cm³/mol. The van der Waals surface area contributed by atoms with Crippen molar-refractivity contribution in [3.63, 3.8) is 0 Å². The zero-order valence-electron chi connectivity index (χ0n) is 16.7. The molecule has 25 heavy (non-hydrogen) atoms. The molecule has 0 aliphatic heterocycles. The lowest BCUT2D eigenvalue weighted by Gasteiger charge is -2.08. The average Bonchev–Trinajstić information content (AvgIpc) is 2.58. The van der Waals surface area contributed by atoms with E-state index in [0.29, 0.717) is 6.42 Å². The highest BCUT2D eigenvalue weighted by Crippen LogP contribution is 2.13. The number of carboxylic acids is 1. The number of hydrogen-bond acceptors (Lipinski definition) is 2. The molecule has 0 aromatic carbocycles. The molecule has 0 aromatic heterocycles. The Morgan fingerprint density at radius 3 is 1.44 bits per heavy atom. The maximum atomic E-state index is 11.5. The third-order valence-electron chi connectivity index (χ3n) is 4.76. The highest BCUT2D eigenvalue weighted by atomic mass is 16.4. The Morgan fingerprint density at radius 1 is 0.720 bits per heavy atom. The molecule has 0 aliphatic rings. The van der Waals surface area contributed by atoms with Crippen LogP contribution in [0.2, 0.25) is 0 Å². The molecule has 0 aliphatic carbocycles. The molecule has 0 aromatic rings. The van der Waals surface area contributed by atoms with Gasteiger partial charge in [0.1, 0.15) is 6.04 Å². The van der Waals surface area contributed by atoms with Crippen molar-refractivity contribution in [2.24, 2.45) is 0 Å². The van der Waals surface area contributed by atoms with Crippen molar-refractivity contribution in [1.29, 1.82) is 0 Å². The second kappa shape index (κ2) is 17.8. The Bertz CT molecular complexity index is 331. The van der Waals surface area contributed by atoms with Gasteiger partial charge in [-0.05, 0) is 13.3 Å². The van der Waals surface area contributed by atoms with E-state index in [1.165, 1.54) is 90.4 Å². The minimum absolute atomic E-state index is 0.149. The summed E-state index contributed by atoms with van der Waals surface area (Å²) in [5.41, 5.74) is 0. The molecule has 2 N–H and O–H groups in total. The van der Waals surface area contributed by atoms with Crippen LogP contribution < -0.4 is 5.32 Å². The van der Waals surface area contributed by atoms with Crippen LogP contribution in [0.5, 0.6) is 0 Å². The summed E-state index contributed by atoms with van der Waals surface area (Å²) in [6, 6.07) is -0.788. The van der Waals surface area contributed by atoms with Crippen molar-refractivity contribution in [2.45, 2.75) is 123 Å². The van der Waals surface area contributed by atoms with E-state index in [1.807, 2.05) is 0 Å². The van der Waals surface area contributed by atoms with Crippen molar-refractivity contribution >= 4 is 11.9 Å². The summed E-state index contributed by atoms with van der Waals surface area (Å²) in [6.07, 6.45) is 20.0. The lowest BCUT2D eigenvalue weighted by atomic mass is 10.0. The fraction of sp³-hybridized carbons (Fsp3) is 0.905. The second-order valence-corrected chi connectivity index (χ2v) is 7.33. The maximum Gasteiger partial charge on any atom is 0.325 e. The van der Waals surface area contributed by atoms with Crippen LogP contribution in [-0.2, 0) is 9.59 Å². The standard InChI is InChI=1S/C21H41NO3/c1-3-4-5-6-7-8-9-10-11-12-13-14-15-16-17-18-20(23)22-19(2)21(24)25/h19H,3-18H2,1-2H3,(H,22,23)(H,24,25). The molecule has 0 heterocycles. The summed E-state index contributed by atoms with van der Waals surface area (Å²) in [7, 11) is 0. The maximum absolute atomic E-state index is 11.5. The first-order chi connectivity index (χ1) is 12.1. The number of hydrogen-bond donors (Lipinski definition) is 2. The zero-order valence-corrected chi connectivity index (χ0v) is 16.7. The molecule has 1 atom stereocenters. The number of unbranched alkanes of at least 4 members (excludes halogenated alkanes) is 14. The zero-order chi connectivity index (χ0) is 18.8. The Hall–Kier alpha value is -1.06. The quantitative estimate of drug-likeness (QED) is 0.304. The second-order valence-electron chi connectivity index (χ2n) is 7.33. The molecule has 0 fully saturated rings. The van der Waals surface area contributed by atoms with Gasteiger partial charge in [-0.2, -0.15) is 0 Å². The van der Waals surface area contributed by atoms with Crippen LogP contribution in [0, 0.1) is 0 Å². The van der Waals surface area contributed by atoms with Gasteiger partial charge in [0.05, 0.1) is 0 Å². The highest BCUT2D eigenvalue weighted by molar-refractivity contribution is 5.83. The van der Waals surface area contributed by atoms with Crippen molar-refractivity contribution in [2.75, 3.05) is 0 Å². The third kappa shape index (κ3) is 17.6. The van der Waals surface area contributed by atoms with Crippen LogP contribution in [0.3, 0.4) is 0 Å². The molecule has 0 rings (SSSR count). The number of amides is 1. The van der Waals surface area contributed by atoms with E-state index in [0.717, 1.165) is 12.8 Å². The van der Waals surface area contributed by atoms with E-state index in [4.69, 9.17) is 5.11 Å². The average molecular weight is 356 g/mol. The van der Waals surface area contributed by atoms with Gasteiger partial charge < -0.3 is 10.4 Å². The molecule has 1 amide bonds. The van der Waals surface area contributed by atoms with Gasteiger partial charge in [-0.15, -0.1) is 0 Å². The van der Waals surface area contributed by atoms with Crippen LogP contribution in [0.4, 0.5) is 0 Å². The molecule has 0 spiro atoms. The first-order valence-electron chi connectivity index (χ1n) is 10.6. The number of carbonyl (C=O) groups is 2. The number of nitrogens with one attached hydrogen (secondary N) is 1. The van der Waals surface area contributed by atoms with E-state index in [1.54, 1.807) is 0 Å². The number of aliphatic carboxylic acids is 1. The van der Waals surface area contributed by atoms with Gasteiger partial charge in [0.15, 0.2) is 0 Å². The lowest BCUT2D eigenvalue weighted by Crippen LogP contribution is -2.38. The van der Waals surface area contributed by atoms with Gasteiger partial charge in [-0.25, -0.2) is 0 Å². The number of rotatable bonds is 18. The summed E-state index contributed by atoms with van der Waals surface area (Å²) in [6.45, 7) is 3.76. The summed E-state index contributed by atoms with van der Waals surface area (Å²) in [5.74, 6) is -1.13. The van der Waals surface area contributed by atoms with Crippen LogP contribution in [0.25, 0.3) is 0 Å². The van der Waals surface area contributed by atoms with Crippen LogP contribution in [-0.4, -0.2) is 23.0 Å². The van der Waals surface area contributed by atoms with Gasteiger partial charge in [-0.1, -0.05) is 96.8 Å². The first kappa shape index (κ1) is 23.9. The minimum atomic E-state index is -0.982. The first-order valence-corrected chi connectivity index (χ1v) is 10.6. The van der Waals surface area contributed by atoms with Gasteiger partial charge in [0.2, 0.25) is 5.91 Å². The van der Waals surface area contributed by atoms with Gasteiger partial charge in [-0.3, -0.25) is 9.59 Å². The van der Waals surface area contributed by atoms with Gasteiger partial charge >= 0.3 is 5.97 Å². The molecule has 148 valence electrons. The van der Waals surface area contributed by atoms with E-state index in [2.05, 4.69) is 12.2 Å². The van der Waals surface area contributed by atoms with Crippen LogP contribution in [0.1, 0.15) is 117 Å². The highest BCUT2D eigenvalue weighted by Gasteiger charge is 2.12. The molecule has 0 saturated heterocycles. The van der Waals surface area contributed by atoms with Crippen LogP contribution >= 0.6 is 0 Å². The van der Waals surface area contributed by atoms with E-state index in [-0.39, 0.29) is 5.91 Å². The SMILES string of the molecule is CCCCCCCCCCCCCCCCCC(=O)NC(C)C(=O)O. The Morgan fingerprint density at radius 2 is 1.08 bits per heavy atom. The van der Waals surface area contributed by atoms with E-state index in [9.17, 15) is 9.59 Å². The molecule has 4 nitrogen and oxygen atoms in total. The summed E-state index contributed by atoms with van der Waals surface area (Å²) in [4.78, 5) is 22.2. The fourth-order valence-electron chi connectivity index (χ4n) is 3.03. The molecule has 0 radical (unpaired) electrons. The molecule has 1 unspecified atom stereocenters. The molecule has 0 bridgehead atoms.